The molecule has 1 aromatic heterocycles. The normalized spacial score (nSPS) is 25.7. The molecule has 5 rings (SSSR count). The quantitative estimate of drug-likeness (QED) is 0.756. The number of carbonyl (C=O) groups is 2. The summed E-state index contributed by atoms with van der Waals surface area (Å²) in [6.45, 7) is 4.32. The third-order valence-electron chi connectivity index (χ3n) is 5.97. The predicted octanol–water partition coefficient (Wildman–Crippen LogP) is 4.13. The monoisotopic (exact) mass is 437 g/mol. The highest BCUT2D eigenvalue weighted by molar-refractivity contribution is 7.17. The van der Waals surface area contributed by atoms with Crippen LogP contribution >= 0.6 is 11.3 Å². The minimum absolute atomic E-state index is 0.0512. The van der Waals surface area contributed by atoms with Gasteiger partial charge in [0.2, 0.25) is 0 Å². The maximum absolute atomic E-state index is 12.8. The number of benzene rings is 1. The molecule has 2 amide bonds. The Bertz CT molecular complexity index is 949. The van der Waals surface area contributed by atoms with Crippen molar-refractivity contribution in [3.63, 3.8) is 0 Å². The maximum Gasteiger partial charge on any atom is 0.471 e. The molecule has 0 radical (unpaired) electrons. The van der Waals surface area contributed by atoms with Crippen molar-refractivity contribution in [2.45, 2.75) is 38.0 Å². The van der Waals surface area contributed by atoms with E-state index in [1.165, 1.54) is 23.5 Å². The number of carbonyl (C=O) groups excluding carboxylic acids is 2. The molecule has 0 spiro atoms. The van der Waals surface area contributed by atoms with Crippen LogP contribution in [0.1, 0.15) is 29.4 Å². The maximum atomic E-state index is 12.8. The molecule has 160 valence electrons. The zero-order valence-corrected chi connectivity index (χ0v) is 17.1. The van der Waals surface area contributed by atoms with E-state index in [0.29, 0.717) is 22.4 Å². The van der Waals surface area contributed by atoms with Crippen molar-refractivity contribution >= 4 is 28.8 Å². The fraction of sp³-hybridized carbons (Fsp3) is 0.429. The number of hydrogen-bond acceptors (Lipinski definition) is 4. The van der Waals surface area contributed by atoms with Gasteiger partial charge < -0.3 is 10.6 Å². The number of hydrogen-bond donors (Lipinski definition) is 2. The van der Waals surface area contributed by atoms with E-state index >= 15 is 0 Å². The minimum Gasteiger partial charge on any atom is -0.347 e. The Morgan fingerprint density at radius 2 is 1.87 bits per heavy atom. The van der Waals surface area contributed by atoms with Crippen LogP contribution < -0.4 is 10.6 Å². The summed E-state index contributed by atoms with van der Waals surface area (Å²) in [5, 5.41) is 5.04. The van der Waals surface area contributed by atoms with E-state index in [1.54, 1.807) is 24.3 Å². The van der Waals surface area contributed by atoms with Gasteiger partial charge in [0.05, 0.1) is 4.88 Å². The summed E-state index contributed by atoms with van der Waals surface area (Å²) in [6.07, 6.45) is -2.75. The first-order valence-corrected chi connectivity index (χ1v) is 10.7. The second kappa shape index (κ2) is 8.03. The smallest absolute Gasteiger partial charge is 0.347 e. The van der Waals surface area contributed by atoms with Crippen LogP contribution in [0.25, 0.3) is 10.4 Å². The van der Waals surface area contributed by atoms with Crippen LogP contribution in [0.3, 0.4) is 0 Å². The summed E-state index contributed by atoms with van der Waals surface area (Å²) in [5.74, 6) is -1.64. The standard InChI is InChI=1S/C21H22F3N3O2S/c1-12-18(13-7-9-27(12)10-8-13)26-19(28)17-6-5-16(30-17)14-3-2-4-15(11-14)25-20(29)21(22,23)24/h2-6,11-13,18H,7-10H2,1H3,(H,25,29)(H,26,28)/t12-,18-/m0/s1. The number of thiophene rings is 1. The molecule has 3 fully saturated rings. The van der Waals surface area contributed by atoms with E-state index in [1.807, 2.05) is 5.32 Å². The Morgan fingerprint density at radius 3 is 2.53 bits per heavy atom. The van der Waals surface area contributed by atoms with Crippen molar-refractivity contribution < 1.29 is 22.8 Å². The molecule has 9 heteroatoms. The van der Waals surface area contributed by atoms with Crippen LogP contribution in [-0.4, -0.2) is 48.1 Å². The number of amides is 2. The van der Waals surface area contributed by atoms with Gasteiger partial charge in [-0.1, -0.05) is 12.1 Å². The van der Waals surface area contributed by atoms with Gasteiger partial charge in [0.15, 0.2) is 0 Å². The Kier molecular flexibility index (Phi) is 5.59. The van der Waals surface area contributed by atoms with Crippen LogP contribution in [-0.2, 0) is 4.79 Å². The Balaban J connectivity index is 1.46. The van der Waals surface area contributed by atoms with Gasteiger partial charge in [0, 0.05) is 22.6 Å². The fourth-order valence-corrected chi connectivity index (χ4v) is 5.24. The Labute approximate surface area is 176 Å². The molecular weight excluding hydrogens is 415 g/mol. The molecule has 2 bridgehead atoms. The molecule has 30 heavy (non-hydrogen) atoms. The van der Waals surface area contributed by atoms with Crippen molar-refractivity contribution in [1.82, 2.24) is 10.2 Å². The summed E-state index contributed by atoms with van der Waals surface area (Å²) in [4.78, 5) is 27.7. The van der Waals surface area contributed by atoms with Crippen LogP contribution in [0.15, 0.2) is 36.4 Å². The van der Waals surface area contributed by atoms with Crippen LogP contribution in [0.2, 0.25) is 0 Å². The van der Waals surface area contributed by atoms with Gasteiger partial charge in [0.25, 0.3) is 5.91 Å². The summed E-state index contributed by atoms with van der Waals surface area (Å²) in [6, 6.07) is 10.1. The summed E-state index contributed by atoms with van der Waals surface area (Å²) in [7, 11) is 0. The first kappa shape index (κ1) is 20.9. The van der Waals surface area contributed by atoms with E-state index in [0.717, 1.165) is 30.8 Å². The van der Waals surface area contributed by atoms with E-state index in [4.69, 9.17) is 0 Å². The number of nitrogens with zero attached hydrogens (tertiary/aromatic N) is 1. The van der Waals surface area contributed by atoms with Crippen LogP contribution in [0.4, 0.5) is 18.9 Å². The first-order valence-electron chi connectivity index (χ1n) is 9.86. The average Bonchev–Trinajstić information content (AvgIpc) is 3.21. The van der Waals surface area contributed by atoms with Gasteiger partial charge >= 0.3 is 12.1 Å². The molecule has 2 N–H and O–H groups in total. The fourth-order valence-electron chi connectivity index (χ4n) is 4.34. The van der Waals surface area contributed by atoms with Crippen molar-refractivity contribution in [2.24, 2.45) is 5.92 Å². The summed E-state index contributed by atoms with van der Waals surface area (Å²) >= 11 is 1.28. The third kappa shape index (κ3) is 4.22. The Morgan fingerprint density at radius 1 is 1.13 bits per heavy atom. The van der Waals surface area contributed by atoms with Crippen molar-refractivity contribution in [1.29, 1.82) is 0 Å². The van der Waals surface area contributed by atoms with E-state index in [2.05, 4.69) is 17.1 Å². The van der Waals surface area contributed by atoms with Gasteiger partial charge in [-0.2, -0.15) is 13.2 Å². The summed E-state index contributed by atoms with van der Waals surface area (Å²) in [5.41, 5.74) is 0.686. The average molecular weight is 437 g/mol. The van der Waals surface area contributed by atoms with Crippen molar-refractivity contribution in [2.75, 3.05) is 18.4 Å². The van der Waals surface area contributed by atoms with Gasteiger partial charge in [-0.25, -0.2) is 0 Å². The Hall–Kier alpha value is -2.39. The second-order valence-electron chi connectivity index (χ2n) is 7.81. The molecular formula is C21H22F3N3O2S. The molecule has 5 nitrogen and oxygen atoms in total. The predicted molar refractivity (Wildman–Crippen MR) is 109 cm³/mol. The number of piperidine rings is 3. The highest BCUT2D eigenvalue weighted by atomic mass is 32.1. The lowest BCUT2D eigenvalue weighted by Crippen LogP contribution is -2.62. The lowest BCUT2D eigenvalue weighted by atomic mass is 9.79. The molecule has 2 atom stereocenters. The number of halogens is 3. The van der Waals surface area contributed by atoms with E-state index in [9.17, 15) is 22.8 Å². The van der Waals surface area contributed by atoms with Crippen LogP contribution in [0.5, 0.6) is 0 Å². The third-order valence-corrected chi connectivity index (χ3v) is 7.10. The van der Waals surface area contributed by atoms with Crippen molar-refractivity contribution in [3.8, 4) is 10.4 Å². The molecule has 0 unspecified atom stereocenters. The molecule has 0 saturated carbocycles. The molecule has 4 heterocycles. The van der Waals surface area contributed by atoms with E-state index < -0.39 is 12.1 Å². The second-order valence-corrected chi connectivity index (χ2v) is 8.89. The lowest BCUT2D eigenvalue weighted by molar-refractivity contribution is -0.167. The zero-order chi connectivity index (χ0) is 21.5. The van der Waals surface area contributed by atoms with Gasteiger partial charge in [-0.3, -0.25) is 14.5 Å². The lowest BCUT2D eigenvalue weighted by Gasteiger charge is -2.49. The molecule has 3 aliphatic rings. The van der Waals surface area contributed by atoms with Crippen molar-refractivity contribution in [3.05, 3.63) is 41.3 Å². The topological polar surface area (TPSA) is 61.4 Å². The van der Waals surface area contributed by atoms with Crippen LogP contribution in [0, 0.1) is 5.92 Å². The number of nitrogens with one attached hydrogen (secondary N) is 2. The number of rotatable bonds is 4. The highest BCUT2D eigenvalue weighted by Crippen LogP contribution is 2.34. The minimum atomic E-state index is -4.95. The number of alkyl halides is 3. The van der Waals surface area contributed by atoms with E-state index in [-0.39, 0.29) is 17.6 Å². The molecule has 2 aromatic rings. The number of fused-ring (bicyclic) bond motifs is 3. The highest BCUT2D eigenvalue weighted by Gasteiger charge is 2.41. The SMILES string of the molecule is C[C@H]1[C@H](NC(=O)c2ccc(-c3cccc(NC(=O)C(F)(F)F)c3)s2)C2CCN1CC2. The van der Waals surface area contributed by atoms with Gasteiger partial charge in [-0.05, 0) is 68.6 Å². The number of anilines is 1. The molecule has 3 saturated heterocycles. The van der Waals surface area contributed by atoms with Gasteiger partial charge in [-0.15, -0.1) is 11.3 Å². The molecule has 0 aliphatic carbocycles. The summed E-state index contributed by atoms with van der Waals surface area (Å²) < 4.78 is 37.4. The molecule has 1 aromatic carbocycles. The van der Waals surface area contributed by atoms with Gasteiger partial charge in [0.1, 0.15) is 0 Å². The molecule has 3 aliphatic heterocycles. The zero-order valence-electron chi connectivity index (χ0n) is 16.3. The largest absolute Gasteiger partial charge is 0.471 e. The first-order chi connectivity index (χ1) is 14.2.